The number of nitrogens with one attached hydrogen (secondary N) is 1. The lowest BCUT2D eigenvalue weighted by atomic mass is 10.2. The Kier molecular flexibility index (Phi) is 7.42. The Morgan fingerprint density at radius 3 is 2.72 bits per heavy atom. The van der Waals surface area contributed by atoms with Crippen LogP contribution in [0.5, 0.6) is 0 Å². The molecule has 1 rings (SSSR count). The second kappa shape index (κ2) is 8.58. The number of rotatable bonds is 8. The molecule has 18 heavy (non-hydrogen) atoms. The van der Waals surface area contributed by atoms with E-state index in [-0.39, 0.29) is 5.82 Å². The molecule has 0 saturated carbocycles. The topological polar surface area (TPSA) is 24.5 Å². The summed E-state index contributed by atoms with van der Waals surface area (Å²) >= 11 is 3.27. The monoisotopic (exact) mass is 318 g/mol. The summed E-state index contributed by atoms with van der Waals surface area (Å²) in [6.45, 7) is 3.75. The highest BCUT2D eigenvalue weighted by atomic mass is 79.9. The molecule has 0 aromatic heterocycles. The Balaban J connectivity index is 2.10. The first-order valence-electron chi connectivity index (χ1n) is 5.96. The Labute approximate surface area is 116 Å². The molecule has 3 nitrogen and oxygen atoms in total. The molecule has 0 saturated heterocycles. The molecule has 0 unspecified atom stereocenters. The predicted molar refractivity (Wildman–Crippen MR) is 75.2 cm³/mol. The minimum Gasteiger partial charge on any atom is -0.379 e. The minimum atomic E-state index is -0.219. The van der Waals surface area contributed by atoms with Crippen LogP contribution in [0.15, 0.2) is 22.7 Å². The van der Waals surface area contributed by atoms with Gasteiger partial charge in [0, 0.05) is 24.1 Å². The van der Waals surface area contributed by atoms with Gasteiger partial charge in [0.2, 0.25) is 0 Å². The first-order chi connectivity index (χ1) is 8.58. The van der Waals surface area contributed by atoms with E-state index >= 15 is 0 Å². The van der Waals surface area contributed by atoms with Crippen LogP contribution in [-0.2, 0) is 11.3 Å². The molecule has 0 atom stereocenters. The number of nitrogens with zero attached hydrogens (tertiary/aromatic N) is 1. The molecule has 0 aliphatic carbocycles. The van der Waals surface area contributed by atoms with Crippen molar-refractivity contribution in [3.8, 4) is 0 Å². The number of hydrogen-bond donors (Lipinski definition) is 1. The second-order valence-corrected chi connectivity index (χ2v) is 5.29. The Hall–Kier alpha value is -0.490. The van der Waals surface area contributed by atoms with Gasteiger partial charge in [0.25, 0.3) is 0 Å². The van der Waals surface area contributed by atoms with Crippen molar-refractivity contribution in [2.75, 3.05) is 40.4 Å². The molecule has 0 amide bonds. The van der Waals surface area contributed by atoms with Gasteiger partial charge in [-0.25, -0.2) is 4.39 Å². The normalized spacial score (nSPS) is 11.2. The molecule has 0 bridgehead atoms. The summed E-state index contributed by atoms with van der Waals surface area (Å²) in [6.07, 6.45) is 0. The molecular weight excluding hydrogens is 299 g/mol. The van der Waals surface area contributed by atoms with E-state index in [2.05, 4.69) is 26.1 Å². The summed E-state index contributed by atoms with van der Waals surface area (Å²) in [5.74, 6) is -0.219. The number of benzene rings is 1. The van der Waals surface area contributed by atoms with Gasteiger partial charge in [0.15, 0.2) is 0 Å². The molecule has 0 aliphatic heterocycles. The molecule has 0 aliphatic rings. The van der Waals surface area contributed by atoms with Crippen LogP contribution in [0.1, 0.15) is 5.56 Å². The molecule has 1 aromatic rings. The molecule has 0 heterocycles. The van der Waals surface area contributed by atoms with E-state index in [4.69, 9.17) is 4.74 Å². The van der Waals surface area contributed by atoms with Gasteiger partial charge in [0.05, 0.1) is 13.2 Å². The molecule has 5 heteroatoms. The van der Waals surface area contributed by atoms with Crippen LogP contribution in [0.25, 0.3) is 0 Å². The zero-order valence-corrected chi connectivity index (χ0v) is 12.5. The van der Waals surface area contributed by atoms with E-state index in [1.807, 2.05) is 20.2 Å². The standard InChI is InChI=1S/C13H20BrFN2O/c1-17(2)4-6-18-5-3-16-10-11-7-12(14)9-13(15)8-11/h7-9,16H,3-6,10H2,1-2H3. The van der Waals surface area contributed by atoms with Crippen molar-refractivity contribution >= 4 is 15.9 Å². The van der Waals surface area contributed by atoms with Gasteiger partial charge in [-0.05, 0) is 37.9 Å². The van der Waals surface area contributed by atoms with Crippen molar-refractivity contribution in [1.82, 2.24) is 10.2 Å². The highest BCUT2D eigenvalue weighted by molar-refractivity contribution is 9.10. The number of halogens is 2. The number of likely N-dealkylation sites (N-methyl/N-ethyl adjacent to an activating group) is 1. The minimum absolute atomic E-state index is 0.219. The summed E-state index contributed by atoms with van der Waals surface area (Å²) in [6, 6.07) is 4.89. The zero-order chi connectivity index (χ0) is 13.4. The fraction of sp³-hybridized carbons (Fsp3) is 0.538. The van der Waals surface area contributed by atoms with E-state index in [1.165, 1.54) is 12.1 Å². The van der Waals surface area contributed by atoms with E-state index < -0.39 is 0 Å². The van der Waals surface area contributed by atoms with Gasteiger partial charge in [-0.1, -0.05) is 15.9 Å². The van der Waals surface area contributed by atoms with Crippen LogP contribution in [0, 0.1) is 5.82 Å². The third-order valence-electron chi connectivity index (χ3n) is 2.36. The van der Waals surface area contributed by atoms with Gasteiger partial charge in [0.1, 0.15) is 5.82 Å². The van der Waals surface area contributed by atoms with Gasteiger partial charge in [-0.2, -0.15) is 0 Å². The summed E-state index contributed by atoms with van der Waals surface area (Å²) < 4.78 is 19.3. The Bertz CT molecular complexity index is 341. The van der Waals surface area contributed by atoms with Crippen molar-refractivity contribution in [2.24, 2.45) is 0 Å². The van der Waals surface area contributed by atoms with Gasteiger partial charge < -0.3 is 15.0 Å². The summed E-state index contributed by atoms with van der Waals surface area (Å²) in [5.41, 5.74) is 0.926. The Morgan fingerprint density at radius 2 is 2.06 bits per heavy atom. The van der Waals surface area contributed by atoms with Crippen molar-refractivity contribution in [3.63, 3.8) is 0 Å². The second-order valence-electron chi connectivity index (χ2n) is 4.37. The highest BCUT2D eigenvalue weighted by Gasteiger charge is 1.98. The van der Waals surface area contributed by atoms with Crippen LogP contribution in [0.2, 0.25) is 0 Å². The fourth-order valence-corrected chi connectivity index (χ4v) is 1.95. The number of ether oxygens (including phenoxy) is 1. The lowest BCUT2D eigenvalue weighted by molar-refractivity contribution is 0.119. The molecule has 1 N–H and O–H groups in total. The SMILES string of the molecule is CN(C)CCOCCNCc1cc(F)cc(Br)c1. The van der Waals surface area contributed by atoms with Gasteiger partial charge >= 0.3 is 0 Å². The van der Waals surface area contributed by atoms with E-state index in [9.17, 15) is 4.39 Å². The smallest absolute Gasteiger partial charge is 0.124 e. The van der Waals surface area contributed by atoms with Crippen molar-refractivity contribution < 1.29 is 9.13 Å². The maximum Gasteiger partial charge on any atom is 0.124 e. The largest absolute Gasteiger partial charge is 0.379 e. The van der Waals surface area contributed by atoms with E-state index in [0.29, 0.717) is 13.2 Å². The predicted octanol–water partition coefficient (Wildman–Crippen LogP) is 2.26. The molecule has 1 aromatic carbocycles. The number of hydrogen-bond acceptors (Lipinski definition) is 3. The van der Waals surface area contributed by atoms with E-state index in [1.54, 1.807) is 0 Å². The molecule has 0 spiro atoms. The van der Waals surface area contributed by atoms with Crippen molar-refractivity contribution in [3.05, 3.63) is 34.1 Å². The summed E-state index contributed by atoms with van der Waals surface area (Å²) in [7, 11) is 4.03. The maximum absolute atomic E-state index is 13.1. The maximum atomic E-state index is 13.1. The van der Waals surface area contributed by atoms with Crippen molar-refractivity contribution in [2.45, 2.75) is 6.54 Å². The lowest BCUT2D eigenvalue weighted by Gasteiger charge is -2.10. The fourth-order valence-electron chi connectivity index (χ4n) is 1.44. The van der Waals surface area contributed by atoms with Gasteiger partial charge in [-0.3, -0.25) is 0 Å². The van der Waals surface area contributed by atoms with Crippen LogP contribution in [0.4, 0.5) is 4.39 Å². The molecule has 0 radical (unpaired) electrons. The van der Waals surface area contributed by atoms with Crippen molar-refractivity contribution in [1.29, 1.82) is 0 Å². The first-order valence-corrected chi connectivity index (χ1v) is 6.75. The van der Waals surface area contributed by atoms with Crippen LogP contribution in [0.3, 0.4) is 0 Å². The lowest BCUT2D eigenvalue weighted by Crippen LogP contribution is -2.23. The average molecular weight is 319 g/mol. The zero-order valence-electron chi connectivity index (χ0n) is 10.9. The third-order valence-corrected chi connectivity index (χ3v) is 2.82. The highest BCUT2D eigenvalue weighted by Crippen LogP contribution is 2.14. The van der Waals surface area contributed by atoms with Crippen LogP contribution in [-0.4, -0.2) is 45.3 Å². The average Bonchev–Trinajstić information content (AvgIpc) is 2.26. The van der Waals surface area contributed by atoms with Gasteiger partial charge in [-0.15, -0.1) is 0 Å². The molecular formula is C13H20BrFN2O. The Morgan fingerprint density at radius 1 is 1.28 bits per heavy atom. The van der Waals surface area contributed by atoms with Crippen LogP contribution < -0.4 is 5.32 Å². The third kappa shape index (κ3) is 7.06. The van der Waals surface area contributed by atoms with Crippen LogP contribution >= 0.6 is 15.9 Å². The quantitative estimate of drug-likeness (QED) is 0.744. The summed E-state index contributed by atoms with van der Waals surface area (Å²) in [4.78, 5) is 2.08. The first kappa shape index (κ1) is 15.6. The molecule has 0 fully saturated rings. The van der Waals surface area contributed by atoms with E-state index in [0.717, 1.165) is 29.7 Å². The summed E-state index contributed by atoms with van der Waals surface area (Å²) in [5, 5.41) is 3.22. The molecule has 102 valence electrons.